The molecule has 1 aliphatic rings. The topological polar surface area (TPSA) is 83.8 Å². The molecule has 3 N–H and O–H groups in total. The van der Waals surface area contributed by atoms with E-state index in [0.717, 1.165) is 5.56 Å². The number of alkyl halides is 4. The molecular weight excluding hydrogens is 352 g/mol. The van der Waals surface area contributed by atoms with Crippen molar-refractivity contribution < 1.29 is 22.3 Å². The number of ether oxygens (including phenoxy) is 1. The Bertz CT molecular complexity index is 719. The Morgan fingerprint density at radius 2 is 1.81 bits per heavy atom. The summed E-state index contributed by atoms with van der Waals surface area (Å²) < 4.78 is 49.6. The normalized spacial score (nSPS) is 14.9. The fourth-order valence-corrected chi connectivity index (χ4v) is 1.94. The maximum absolute atomic E-state index is 12.1. The number of hydrogen-bond donors (Lipinski definition) is 2. The van der Waals surface area contributed by atoms with Crippen molar-refractivity contribution in [2.24, 2.45) is 15.7 Å². The van der Waals surface area contributed by atoms with Crippen molar-refractivity contribution in [1.29, 1.82) is 5.41 Å². The SMILES string of the molecule is CF.N=Cc1ccc(C(N)=NC=NC2=CC=C(OC(F)(F)F)CC2)cc1. The Labute approximate surface area is 148 Å². The van der Waals surface area contributed by atoms with E-state index in [4.69, 9.17) is 11.1 Å². The molecular formula is C17H18F4N4O. The van der Waals surface area contributed by atoms with E-state index in [2.05, 4.69) is 14.7 Å². The first-order valence-corrected chi connectivity index (χ1v) is 7.37. The van der Waals surface area contributed by atoms with Crippen LogP contribution in [0, 0.1) is 5.41 Å². The van der Waals surface area contributed by atoms with E-state index < -0.39 is 6.36 Å². The maximum Gasteiger partial charge on any atom is 0.572 e. The van der Waals surface area contributed by atoms with Crippen LogP contribution in [0.1, 0.15) is 24.0 Å². The van der Waals surface area contributed by atoms with Gasteiger partial charge in [0, 0.05) is 23.9 Å². The molecule has 0 spiro atoms. The van der Waals surface area contributed by atoms with E-state index in [9.17, 15) is 17.6 Å². The summed E-state index contributed by atoms with van der Waals surface area (Å²) in [7, 11) is 0.500. The van der Waals surface area contributed by atoms with Gasteiger partial charge in [-0.15, -0.1) is 13.2 Å². The highest BCUT2D eigenvalue weighted by Gasteiger charge is 2.32. The molecule has 0 radical (unpaired) electrons. The standard InChI is InChI=1S/C16H15F3N4O.CH3F/c17-16(18,19)24-14-7-5-13(6-8-14)22-10-23-15(21)12-3-1-11(9-20)2-4-12;1-2/h1-5,7,9-10,20H,6,8H2,(H2,21,22,23);1H3. The van der Waals surface area contributed by atoms with Crippen molar-refractivity contribution in [3.8, 4) is 0 Å². The molecule has 0 saturated carbocycles. The molecule has 0 amide bonds. The lowest BCUT2D eigenvalue weighted by Gasteiger charge is -2.14. The molecule has 0 bridgehead atoms. The second-order valence-electron chi connectivity index (χ2n) is 4.86. The van der Waals surface area contributed by atoms with Gasteiger partial charge in [-0.1, -0.05) is 24.3 Å². The Balaban J connectivity index is 0.00000163. The molecule has 5 nitrogen and oxygen atoms in total. The molecule has 0 heterocycles. The first-order valence-electron chi connectivity index (χ1n) is 7.37. The monoisotopic (exact) mass is 370 g/mol. The second-order valence-corrected chi connectivity index (χ2v) is 4.86. The molecule has 1 aromatic rings. The van der Waals surface area contributed by atoms with Gasteiger partial charge in [-0.05, 0) is 24.1 Å². The molecule has 0 aliphatic heterocycles. The smallest absolute Gasteiger partial charge is 0.410 e. The summed E-state index contributed by atoms with van der Waals surface area (Å²) in [5.41, 5.74) is 7.83. The van der Waals surface area contributed by atoms with Crippen LogP contribution in [-0.4, -0.2) is 31.9 Å². The lowest BCUT2D eigenvalue weighted by Crippen LogP contribution is -2.14. The summed E-state index contributed by atoms with van der Waals surface area (Å²) in [6.07, 6.45) is 0.938. The molecule has 1 aliphatic carbocycles. The summed E-state index contributed by atoms with van der Waals surface area (Å²) in [5, 5.41) is 7.12. The van der Waals surface area contributed by atoms with Crippen molar-refractivity contribution in [1.82, 2.24) is 0 Å². The molecule has 0 unspecified atom stereocenters. The number of amidine groups is 1. The number of nitrogens with two attached hydrogens (primary N) is 1. The Kier molecular flexibility index (Phi) is 8.20. The Hall–Kier alpha value is -2.97. The molecule has 2 rings (SSSR count). The molecule has 26 heavy (non-hydrogen) atoms. The van der Waals surface area contributed by atoms with Crippen LogP contribution < -0.4 is 5.73 Å². The highest BCUT2D eigenvalue weighted by atomic mass is 19.4. The van der Waals surface area contributed by atoms with Gasteiger partial charge < -0.3 is 15.9 Å². The second kappa shape index (κ2) is 10.1. The van der Waals surface area contributed by atoms with Gasteiger partial charge >= 0.3 is 6.36 Å². The van der Waals surface area contributed by atoms with Crippen LogP contribution in [0.25, 0.3) is 0 Å². The van der Waals surface area contributed by atoms with Crippen LogP contribution >= 0.6 is 0 Å². The predicted molar refractivity (Wildman–Crippen MR) is 93.1 cm³/mol. The third kappa shape index (κ3) is 7.29. The molecule has 0 aromatic heterocycles. The van der Waals surface area contributed by atoms with Gasteiger partial charge in [-0.25, -0.2) is 9.98 Å². The quantitative estimate of drug-likeness (QED) is 0.465. The highest BCUT2D eigenvalue weighted by Crippen LogP contribution is 2.27. The van der Waals surface area contributed by atoms with Crippen LogP contribution in [-0.2, 0) is 4.74 Å². The average Bonchev–Trinajstić information content (AvgIpc) is 2.63. The fraction of sp³-hybridized carbons (Fsp3) is 0.235. The first kappa shape index (κ1) is 21.1. The first-order chi connectivity index (χ1) is 12.4. The minimum atomic E-state index is -4.67. The van der Waals surface area contributed by atoms with E-state index in [1.54, 1.807) is 24.3 Å². The predicted octanol–water partition coefficient (Wildman–Crippen LogP) is 4.10. The Morgan fingerprint density at radius 3 is 2.31 bits per heavy atom. The molecule has 0 saturated heterocycles. The lowest BCUT2D eigenvalue weighted by atomic mass is 10.1. The number of benzene rings is 1. The zero-order valence-corrected chi connectivity index (χ0v) is 13.9. The third-order valence-corrected chi connectivity index (χ3v) is 3.13. The van der Waals surface area contributed by atoms with E-state index in [1.807, 2.05) is 0 Å². The molecule has 9 heteroatoms. The van der Waals surface area contributed by atoms with Crippen molar-refractivity contribution in [2.45, 2.75) is 19.2 Å². The van der Waals surface area contributed by atoms with Crippen molar-refractivity contribution in [3.63, 3.8) is 0 Å². The summed E-state index contributed by atoms with van der Waals surface area (Å²) in [6, 6.07) is 6.93. The van der Waals surface area contributed by atoms with E-state index in [-0.39, 0.29) is 18.0 Å². The van der Waals surface area contributed by atoms with Crippen molar-refractivity contribution in [2.75, 3.05) is 7.18 Å². The highest BCUT2D eigenvalue weighted by molar-refractivity contribution is 6.01. The number of allylic oxidation sites excluding steroid dienone is 4. The van der Waals surface area contributed by atoms with Crippen LogP contribution in [0.3, 0.4) is 0 Å². The lowest BCUT2D eigenvalue weighted by molar-refractivity contribution is -0.306. The van der Waals surface area contributed by atoms with E-state index >= 15 is 0 Å². The molecule has 1 aromatic carbocycles. The minimum Gasteiger partial charge on any atom is -0.410 e. The van der Waals surface area contributed by atoms with Gasteiger partial charge in [0.05, 0.1) is 7.18 Å². The number of aliphatic imine (C=N–C) groups is 2. The van der Waals surface area contributed by atoms with Crippen LogP contribution in [0.5, 0.6) is 0 Å². The minimum absolute atomic E-state index is 0.118. The summed E-state index contributed by atoms with van der Waals surface area (Å²) >= 11 is 0. The zero-order chi connectivity index (χ0) is 19.6. The van der Waals surface area contributed by atoms with Gasteiger partial charge in [0.1, 0.15) is 17.9 Å². The number of rotatable bonds is 5. The van der Waals surface area contributed by atoms with Crippen molar-refractivity contribution in [3.05, 3.63) is 59.0 Å². The fourth-order valence-electron chi connectivity index (χ4n) is 1.94. The largest absolute Gasteiger partial charge is 0.572 e. The van der Waals surface area contributed by atoms with E-state index in [0.29, 0.717) is 24.9 Å². The molecule has 0 atom stereocenters. The number of hydrogen-bond acceptors (Lipinski definition) is 3. The van der Waals surface area contributed by atoms with Crippen LogP contribution in [0.15, 0.2) is 57.9 Å². The summed E-state index contributed by atoms with van der Waals surface area (Å²) in [6.45, 7) is 0. The van der Waals surface area contributed by atoms with Gasteiger partial charge in [0.2, 0.25) is 0 Å². The zero-order valence-electron chi connectivity index (χ0n) is 13.9. The number of halogens is 4. The Morgan fingerprint density at radius 1 is 1.15 bits per heavy atom. The number of nitrogens with zero attached hydrogens (tertiary/aromatic N) is 2. The summed E-state index contributed by atoms with van der Waals surface area (Å²) in [4.78, 5) is 8.06. The van der Waals surface area contributed by atoms with E-state index in [1.165, 1.54) is 24.7 Å². The molecule has 140 valence electrons. The van der Waals surface area contributed by atoms with Gasteiger partial charge in [0.25, 0.3) is 0 Å². The van der Waals surface area contributed by atoms with Crippen LogP contribution in [0.2, 0.25) is 0 Å². The number of nitrogens with one attached hydrogen (secondary N) is 1. The maximum atomic E-state index is 12.1. The summed E-state index contributed by atoms with van der Waals surface area (Å²) in [5.74, 6) is 0.110. The van der Waals surface area contributed by atoms with Gasteiger partial charge in [0.15, 0.2) is 0 Å². The third-order valence-electron chi connectivity index (χ3n) is 3.13. The average molecular weight is 370 g/mol. The molecule has 0 fully saturated rings. The van der Waals surface area contributed by atoms with Crippen molar-refractivity contribution >= 4 is 18.4 Å². The van der Waals surface area contributed by atoms with Gasteiger partial charge in [-0.2, -0.15) is 0 Å². The van der Waals surface area contributed by atoms with Gasteiger partial charge in [-0.3, -0.25) is 4.39 Å². The van der Waals surface area contributed by atoms with Crippen LogP contribution in [0.4, 0.5) is 17.6 Å².